The molecule has 1 aromatic heterocycles. The molecule has 0 bridgehead atoms. The van der Waals surface area contributed by atoms with Crippen LogP contribution in [0.15, 0.2) is 17.3 Å². The van der Waals surface area contributed by atoms with Crippen LogP contribution in [0.5, 0.6) is 0 Å². The third-order valence-electron chi connectivity index (χ3n) is 3.61. The molecule has 1 aliphatic rings. The van der Waals surface area contributed by atoms with Gasteiger partial charge in [0.05, 0.1) is 9.90 Å². The van der Waals surface area contributed by atoms with Gasteiger partial charge in [-0.1, -0.05) is 19.3 Å². The van der Waals surface area contributed by atoms with Gasteiger partial charge in [0.2, 0.25) is 0 Å². The lowest BCUT2D eigenvalue weighted by molar-refractivity contribution is 0.187. The predicted octanol–water partition coefficient (Wildman–Crippen LogP) is 2.73. The van der Waals surface area contributed by atoms with Gasteiger partial charge in [-0.15, -0.1) is 0 Å². The molecule has 0 amide bonds. The predicted molar refractivity (Wildman–Crippen MR) is 80.6 cm³/mol. The van der Waals surface area contributed by atoms with Crippen molar-refractivity contribution in [2.24, 2.45) is 5.41 Å². The van der Waals surface area contributed by atoms with E-state index in [1.165, 1.54) is 32.1 Å². The van der Waals surface area contributed by atoms with Crippen LogP contribution < -0.4 is 5.56 Å². The summed E-state index contributed by atoms with van der Waals surface area (Å²) in [5.74, 6) is 0.852. The molecule has 0 atom stereocenters. The number of thiol groups is 1. The Morgan fingerprint density at radius 1 is 1.41 bits per heavy atom. The van der Waals surface area contributed by atoms with E-state index in [0.717, 1.165) is 12.3 Å². The molecule has 2 rings (SSSR count). The van der Waals surface area contributed by atoms with Crippen LogP contribution in [-0.2, 0) is 6.54 Å². The maximum atomic E-state index is 12.0. The Hall–Kier alpha value is -0.0400. The first-order valence-electron chi connectivity index (χ1n) is 5.98. The highest BCUT2D eigenvalue weighted by molar-refractivity contribution is 14.1. The Balaban J connectivity index is 2.23. The van der Waals surface area contributed by atoms with E-state index in [2.05, 4.69) is 17.6 Å². The highest BCUT2D eigenvalue weighted by Crippen LogP contribution is 2.38. The van der Waals surface area contributed by atoms with E-state index in [1.54, 1.807) is 17.1 Å². The minimum Gasteiger partial charge on any atom is -0.298 e. The molecular formula is C12H17IN2OS. The molecule has 1 saturated carbocycles. The second kappa shape index (κ2) is 5.73. The fourth-order valence-corrected chi connectivity index (χ4v) is 3.45. The number of nitrogens with zero attached hydrogens (tertiary/aromatic N) is 2. The van der Waals surface area contributed by atoms with Crippen LogP contribution in [0.4, 0.5) is 0 Å². The van der Waals surface area contributed by atoms with Crippen LogP contribution in [0.1, 0.15) is 32.1 Å². The highest BCUT2D eigenvalue weighted by atomic mass is 127. The van der Waals surface area contributed by atoms with Crippen LogP contribution >= 0.6 is 35.2 Å². The summed E-state index contributed by atoms with van der Waals surface area (Å²) in [5.41, 5.74) is 0.268. The van der Waals surface area contributed by atoms with Gasteiger partial charge in [0.15, 0.2) is 0 Å². The summed E-state index contributed by atoms with van der Waals surface area (Å²) >= 11 is 6.55. The van der Waals surface area contributed by atoms with Gasteiger partial charge in [0.25, 0.3) is 5.56 Å². The van der Waals surface area contributed by atoms with Gasteiger partial charge in [-0.05, 0) is 46.6 Å². The molecule has 3 nitrogen and oxygen atoms in total. The van der Waals surface area contributed by atoms with Gasteiger partial charge >= 0.3 is 0 Å². The number of aromatic nitrogens is 2. The molecule has 1 heterocycles. The lowest BCUT2D eigenvalue weighted by Crippen LogP contribution is -2.36. The molecule has 0 N–H and O–H groups in total. The van der Waals surface area contributed by atoms with Gasteiger partial charge in [-0.25, -0.2) is 4.98 Å². The van der Waals surface area contributed by atoms with Gasteiger partial charge < -0.3 is 0 Å². The van der Waals surface area contributed by atoms with Crippen LogP contribution in [-0.4, -0.2) is 15.3 Å². The summed E-state index contributed by atoms with van der Waals surface area (Å²) < 4.78 is 2.44. The van der Waals surface area contributed by atoms with E-state index in [4.69, 9.17) is 0 Å². The monoisotopic (exact) mass is 364 g/mol. The van der Waals surface area contributed by atoms with E-state index in [1.807, 2.05) is 22.6 Å². The Labute approximate surface area is 121 Å². The summed E-state index contributed by atoms with van der Waals surface area (Å²) in [6, 6.07) is 0. The summed E-state index contributed by atoms with van der Waals surface area (Å²) in [7, 11) is 0. The van der Waals surface area contributed by atoms with Crippen LogP contribution in [0.25, 0.3) is 0 Å². The fraction of sp³-hybridized carbons (Fsp3) is 0.667. The van der Waals surface area contributed by atoms with Crippen molar-refractivity contribution in [3.63, 3.8) is 0 Å². The summed E-state index contributed by atoms with van der Waals surface area (Å²) in [4.78, 5) is 16.1. The van der Waals surface area contributed by atoms with Crippen LogP contribution in [0.3, 0.4) is 0 Å². The number of halogens is 1. The Morgan fingerprint density at radius 2 is 2.12 bits per heavy atom. The molecule has 0 aromatic carbocycles. The zero-order valence-electron chi connectivity index (χ0n) is 9.73. The maximum Gasteiger partial charge on any atom is 0.266 e. The lowest BCUT2D eigenvalue weighted by atomic mass is 9.75. The van der Waals surface area contributed by atoms with Crippen molar-refractivity contribution in [2.45, 2.75) is 38.6 Å². The van der Waals surface area contributed by atoms with Gasteiger partial charge in [-0.2, -0.15) is 12.6 Å². The standard InChI is InChI=1S/C12H17IN2OS/c13-10-6-14-9-15(11(10)16)7-12(8-17)4-2-1-3-5-12/h6,9,17H,1-5,7-8H2. The molecule has 0 aliphatic heterocycles. The molecule has 94 valence electrons. The lowest BCUT2D eigenvalue weighted by Gasteiger charge is -2.36. The highest BCUT2D eigenvalue weighted by Gasteiger charge is 2.31. The second-order valence-corrected chi connectivity index (χ2v) is 6.37. The molecule has 0 unspecified atom stereocenters. The molecular weight excluding hydrogens is 347 g/mol. The minimum absolute atomic E-state index is 0.0762. The fourth-order valence-electron chi connectivity index (χ4n) is 2.57. The van der Waals surface area contributed by atoms with Gasteiger partial charge in [0, 0.05) is 12.7 Å². The van der Waals surface area contributed by atoms with E-state index < -0.39 is 0 Å². The van der Waals surface area contributed by atoms with Crippen molar-refractivity contribution in [1.29, 1.82) is 0 Å². The molecule has 0 saturated heterocycles. The van der Waals surface area contributed by atoms with Crippen LogP contribution in [0, 0.1) is 8.99 Å². The first-order chi connectivity index (χ1) is 8.17. The summed E-state index contributed by atoms with van der Waals surface area (Å²) in [6.07, 6.45) is 9.45. The molecule has 0 radical (unpaired) electrons. The van der Waals surface area contributed by atoms with Crippen molar-refractivity contribution < 1.29 is 0 Å². The van der Waals surface area contributed by atoms with E-state index in [-0.39, 0.29) is 11.0 Å². The normalized spacial score (nSPS) is 19.2. The third-order valence-corrected chi connectivity index (χ3v) is 5.03. The van der Waals surface area contributed by atoms with Gasteiger partial charge in [-0.3, -0.25) is 9.36 Å². The van der Waals surface area contributed by atoms with Crippen molar-refractivity contribution in [1.82, 2.24) is 9.55 Å². The Kier molecular flexibility index (Phi) is 4.52. The van der Waals surface area contributed by atoms with Crippen molar-refractivity contribution >= 4 is 35.2 Å². The molecule has 0 spiro atoms. The minimum atomic E-state index is 0.0762. The Bertz CT molecular complexity index is 440. The summed E-state index contributed by atoms with van der Waals surface area (Å²) in [5, 5.41) is 0. The quantitative estimate of drug-likeness (QED) is 0.661. The molecule has 5 heteroatoms. The summed E-state index contributed by atoms with van der Waals surface area (Å²) in [6.45, 7) is 0.763. The zero-order valence-corrected chi connectivity index (χ0v) is 12.8. The Morgan fingerprint density at radius 3 is 2.76 bits per heavy atom. The topological polar surface area (TPSA) is 34.9 Å². The number of hydrogen-bond donors (Lipinski definition) is 1. The molecule has 1 aliphatic carbocycles. The van der Waals surface area contributed by atoms with E-state index in [9.17, 15) is 4.79 Å². The van der Waals surface area contributed by atoms with Crippen molar-refractivity contribution in [3.8, 4) is 0 Å². The number of rotatable bonds is 3. The maximum absolute atomic E-state index is 12.0. The molecule has 1 aromatic rings. The zero-order chi connectivity index (χ0) is 12.3. The average molecular weight is 364 g/mol. The average Bonchev–Trinajstić information content (AvgIpc) is 2.36. The van der Waals surface area contributed by atoms with E-state index >= 15 is 0 Å². The van der Waals surface area contributed by atoms with E-state index in [0.29, 0.717) is 3.57 Å². The first kappa shape index (κ1) is 13.4. The largest absolute Gasteiger partial charge is 0.298 e. The van der Waals surface area contributed by atoms with Crippen LogP contribution in [0.2, 0.25) is 0 Å². The number of hydrogen-bond acceptors (Lipinski definition) is 3. The smallest absolute Gasteiger partial charge is 0.266 e. The molecule has 1 fully saturated rings. The van der Waals surface area contributed by atoms with Crippen molar-refractivity contribution in [2.75, 3.05) is 5.75 Å². The first-order valence-corrected chi connectivity index (χ1v) is 7.69. The second-order valence-electron chi connectivity index (χ2n) is 4.89. The van der Waals surface area contributed by atoms with Gasteiger partial charge in [0.1, 0.15) is 0 Å². The molecule has 17 heavy (non-hydrogen) atoms. The SMILES string of the molecule is O=c1c(I)cncn1CC1(CS)CCCCC1. The third kappa shape index (κ3) is 3.05. The van der Waals surface area contributed by atoms with Crippen molar-refractivity contribution in [3.05, 3.63) is 26.4 Å².